The van der Waals surface area contributed by atoms with Crippen molar-refractivity contribution in [2.75, 3.05) is 38.6 Å². The highest BCUT2D eigenvalue weighted by molar-refractivity contribution is 7.89. The third kappa shape index (κ3) is 4.99. The Hall–Kier alpha value is -0.990. The zero-order valence-corrected chi connectivity index (χ0v) is 14.2. The first-order valence-corrected chi connectivity index (χ1v) is 9.86. The molecule has 128 valence electrons. The smallest absolute Gasteiger partial charge is 0.211 e. The quantitative estimate of drug-likeness (QED) is 0.754. The highest BCUT2D eigenvalue weighted by Crippen LogP contribution is 2.17. The Morgan fingerprint density at radius 3 is 2.78 bits per heavy atom. The molecule has 6 nitrogen and oxygen atoms in total. The minimum absolute atomic E-state index is 0.177. The molecule has 1 fully saturated rings. The number of ether oxygens (including phenoxy) is 1. The van der Waals surface area contributed by atoms with Crippen LogP contribution in [0.5, 0.6) is 0 Å². The number of sulfonamides is 1. The standard InChI is InChI=1S/C16H25N3O3S/c20-23(21,9-1-4-19-5-7-22-8-6-19)18-11-14-2-3-15-12-17-13-16(15)10-14/h2-3,10,17-18H,1,4-9,11-13H2. The molecule has 1 aromatic rings. The number of morpholine rings is 1. The fourth-order valence-corrected chi connectivity index (χ4v) is 4.07. The summed E-state index contributed by atoms with van der Waals surface area (Å²) < 4.78 is 32.2. The zero-order chi connectivity index (χ0) is 16.1. The maximum atomic E-state index is 12.1. The van der Waals surface area contributed by atoms with Gasteiger partial charge in [0.1, 0.15) is 0 Å². The van der Waals surface area contributed by atoms with Gasteiger partial charge in [-0.3, -0.25) is 4.90 Å². The summed E-state index contributed by atoms with van der Waals surface area (Å²) in [6.45, 7) is 6.25. The molecule has 0 saturated carbocycles. The zero-order valence-electron chi connectivity index (χ0n) is 13.4. The van der Waals surface area contributed by atoms with Crippen LogP contribution in [0.2, 0.25) is 0 Å². The predicted octanol–water partition coefficient (Wildman–Crippen LogP) is 0.432. The van der Waals surface area contributed by atoms with Crippen molar-refractivity contribution in [3.8, 4) is 0 Å². The van der Waals surface area contributed by atoms with Gasteiger partial charge in [-0.15, -0.1) is 0 Å². The number of benzene rings is 1. The van der Waals surface area contributed by atoms with Gasteiger partial charge in [0.2, 0.25) is 10.0 Å². The Morgan fingerprint density at radius 2 is 1.96 bits per heavy atom. The van der Waals surface area contributed by atoms with Gasteiger partial charge in [0, 0.05) is 32.7 Å². The molecular formula is C16H25N3O3S. The maximum absolute atomic E-state index is 12.1. The van der Waals surface area contributed by atoms with Crippen LogP contribution >= 0.6 is 0 Å². The van der Waals surface area contributed by atoms with E-state index in [2.05, 4.69) is 27.1 Å². The van der Waals surface area contributed by atoms with Gasteiger partial charge in [-0.05, 0) is 29.7 Å². The van der Waals surface area contributed by atoms with E-state index >= 15 is 0 Å². The molecule has 7 heteroatoms. The fraction of sp³-hybridized carbons (Fsp3) is 0.625. The van der Waals surface area contributed by atoms with E-state index in [4.69, 9.17) is 4.74 Å². The van der Waals surface area contributed by atoms with Gasteiger partial charge >= 0.3 is 0 Å². The first kappa shape index (κ1) is 16.9. The molecule has 0 amide bonds. The SMILES string of the molecule is O=S(=O)(CCCN1CCOCC1)NCc1ccc2c(c1)CNC2. The molecule has 2 heterocycles. The Labute approximate surface area is 138 Å². The average Bonchev–Trinajstić information content (AvgIpc) is 3.01. The molecule has 1 saturated heterocycles. The normalized spacial score (nSPS) is 19.0. The number of hydrogen-bond acceptors (Lipinski definition) is 5. The molecule has 0 radical (unpaired) electrons. The van der Waals surface area contributed by atoms with Gasteiger partial charge in [0.15, 0.2) is 0 Å². The summed E-state index contributed by atoms with van der Waals surface area (Å²) in [7, 11) is -3.22. The molecule has 2 N–H and O–H groups in total. The lowest BCUT2D eigenvalue weighted by atomic mass is 10.1. The fourth-order valence-electron chi connectivity index (χ4n) is 3.03. The monoisotopic (exact) mass is 339 g/mol. The summed E-state index contributed by atoms with van der Waals surface area (Å²) in [5, 5.41) is 3.29. The molecule has 0 atom stereocenters. The lowest BCUT2D eigenvalue weighted by molar-refractivity contribution is 0.0381. The Bertz CT molecular complexity index is 627. The maximum Gasteiger partial charge on any atom is 0.211 e. The summed E-state index contributed by atoms with van der Waals surface area (Å²) in [5.74, 6) is 0.177. The van der Waals surface area contributed by atoms with Gasteiger partial charge in [0.05, 0.1) is 19.0 Å². The number of fused-ring (bicyclic) bond motifs is 1. The van der Waals surface area contributed by atoms with E-state index in [9.17, 15) is 8.42 Å². The minimum atomic E-state index is -3.22. The summed E-state index contributed by atoms with van der Waals surface area (Å²) >= 11 is 0. The van der Waals surface area contributed by atoms with Crippen LogP contribution in [-0.4, -0.2) is 51.9 Å². The van der Waals surface area contributed by atoms with Crippen molar-refractivity contribution in [2.45, 2.75) is 26.1 Å². The second kappa shape index (κ2) is 7.72. The number of nitrogens with zero attached hydrogens (tertiary/aromatic N) is 1. The van der Waals surface area contributed by atoms with Gasteiger partial charge in [-0.2, -0.15) is 0 Å². The van der Waals surface area contributed by atoms with Crippen LogP contribution in [0, 0.1) is 0 Å². The Morgan fingerprint density at radius 1 is 1.17 bits per heavy atom. The van der Waals surface area contributed by atoms with E-state index in [0.717, 1.165) is 51.5 Å². The number of nitrogens with one attached hydrogen (secondary N) is 2. The van der Waals surface area contributed by atoms with Crippen molar-refractivity contribution in [3.05, 3.63) is 34.9 Å². The summed E-state index contributed by atoms with van der Waals surface area (Å²) in [6, 6.07) is 6.17. The summed E-state index contributed by atoms with van der Waals surface area (Å²) in [6.07, 6.45) is 0.656. The first-order chi connectivity index (χ1) is 11.1. The van der Waals surface area contributed by atoms with E-state index in [-0.39, 0.29) is 5.75 Å². The van der Waals surface area contributed by atoms with E-state index in [0.29, 0.717) is 13.0 Å². The molecular weight excluding hydrogens is 314 g/mol. The molecule has 2 aliphatic heterocycles. The molecule has 1 aromatic carbocycles. The third-order valence-electron chi connectivity index (χ3n) is 4.39. The molecule has 0 bridgehead atoms. The van der Waals surface area contributed by atoms with E-state index < -0.39 is 10.0 Å². The van der Waals surface area contributed by atoms with Crippen molar-refractivity contribution in [3.63, 3.8) is 0 Å². The van der Waals surface area contributed by atoms with Crippen LogP contribution in [0.1, 0.15) is 23.1 Å². The van der Waals surface area contributed by atoms with Crippen LogP contribution < -0.4 is 10.0 Å². The van der Waals surface area contributed by atoms with E-state index in [1.54, 1.807) is 0 Å². The molecule has 2 aliphatic rings. The topological polar surface area (TPSA) is 70.7 Å². The highest BCUT2D eigenvalue weighted by Gasteiger charge is 2.15. The van der Waals surface area contributed by atoms with Crippen LogP contribution in [0.15, 0.2) is 18.2 Å². The van der Waals surface area contributed by atoms with Crippen LogP contribution in [-0.2, 0) is 34.4 Å². The number of hydrogen-bond donors (Lipinski definition) is 2. The van der Waals surface area contributed by atoms with E-state index in [1.165, 1.54) is 11.1 Å². The van der Waals surface area contributed by atoms with Gasteiger partial charge in [-0.25, -0.2) is 13.1 Å². The largest absolute Gasteiger partial charge is 0.379 e. The van der Waals surface area contributed by atoms with Crippen molar-refractivity contribution >= 4 is 10.0 Å². The molecule has 0 aliphatic carbocycles. The molecule has 0 aromatic heterocycles. The van der Waals surface area contributed by atoms with Crippen molar-refractivity contribution in [1.82, 2.24) is 14.9 Å². The average molecular weight is 339 g/mol. The van der Waals surface area contributed by atoms with Crippen molar-refractivity contribution in [1.29, 1.82) is 0 Å². The molecule has 23 heavy (non-hydrogen) atoms. The van der Waals surface area contributed by atoms with Gasteiger partial charge in [-0.1, -0.05) is 18.2 Å². The second-order valence-corrected chi connectivity index (χ2v) is 8.08. The van der Waals surface area contributed by atoms with Crippen LogP contribution in [0.4, 0.5) is 0 Å². The minimum Gasteiger partial charge on any atom is -0.379 e. The first-order valence-electron chi connectivity index (χ1n) is 8.21. The van der Waals surface area contributed by atoms with E-state index in [1.807, 2.05) is 6.07 Å². The predicted molar refractivity (Wildman–Crippen MR) is 89.5 cm³/mol. The van der Waals surface area contributed by atoms with Gasteiger partial charge < -0.3 is 10.1 Å². The Balaban J connectivity index is 1.43. The van der Waals surface area contributed by atoms with Crippen molar-refractivity contribution < 1.29 is 13.2 Å². The van der Waals surface area contributed by atoms with Crippen LogP contribution in [0.25, 0.3) is 0 Å². The highest BCUT2D eigenvalue weighted by atomic mass is 32.2. The molecule has 3 rings (SSSR count). The lowest BCUT2D eigenvalue weighted by Gasteiger charge is -2.26. The molecule has 0 spiro atoms. The van der Waals surface area contributed by atoms with Gasteiger partial charge in [0.25, 0.3) is 0 Å². The van der Waals surface area contributed by atoms with Crippen LogP contribution in [0.3, 0.4) is 0 Å². The second-order valence-electron chi connectivity index (χ2n) is 6.15. The summed E-state index contributed by atoms with van der Waals surface area (Å²) in [5.41, 5.74) is 3.60. The van der Waals surface area contributed by atoms with Crippen molar-refractivity contribution in [2.24, 2.45) is 0 Å². The Kier molecular flexibility index (Phi) is 5.66. The third-order valence-corrected chi connectivity index (χ3v) is 5.80. The lowest BCUT2D eigenvalue weighted by Crippen LogP contribution is -2.38. The summed E-state index contributed by atoms with van der Waals surface area (Å²) in [4.78, 5) is 2.26. The number of rotatable bonds is 7. The molecule has 0 unspecified atom stereocenters.